The van der Waals surface area contributed by atoms with Crippen molar-refractivity contribution in [3.8, 4) is 17.2 Å². The lowest BCUT2D eigenvalue weighted by atomic mass is 10.1. The van der Waals surface area contributed by atoms with Gasteiger partial charge in [-0.15, -0.1) is 0 Å². The summed E-state index contributed by atoms with van der Waals surface area (Å²) >= 11 is 0. The summed E-state index contributed by atoms with van der Waals surface area (Å²) in [5, 5.41) is 7.26. The van der Waals surface area contributed by atoms with Gasteiger partial charge >= 0.3 is 5.97 Å². The van der Waals surface area contributed by atoms with Crippen molar-refractivity contribution in [3.63, 3.8) is 0 Å². The van der Waals surface area contributed by atoms with Crippen molar-refractivity contribution in [1.29, 1.82) is 0 Å². The van der Waals surface area contributed by atoms with E-state index in [0.717, 1.165) is 11.3 Å². The minimum atomic E-state index is -0.408. The smallest absolute Gasteiger partial charge is 0.341 e. The number of hydrogen-bond acceptors (Lipinski definition) is 6. The highest BCUT2D eigenvalue weighted by Gasteiger charge is 2.18. The molecular weight excluding hydrogens is 410 g/mol. The summed E-state index contributed by atoms with van der Waals surface area (Å²) in [6.07, 6.45) is 1.48. The summed E-state index contributed by atoms with van der Waals surface area (Å²) in [6.45, 7) is 5.73. The van der Waals surface area contributed by atoms with Gasteiger partial charge in [-0.25, -0.2) is 9.48 Å². The van der Waals surface area contributed by atoms with Gasteiger partial charge in [0.15, 0.2) is 0 Å². The van der Waals surface area contributed by atoms with Gasteiger partial charge in [-0.2, -0.15) is 5.10 Å². The third kappa shape index (κ3) is 4.74. The molecule has 3 rings (SSSR count). The molecule has 0 fully saturated rings. The quantitative estimate of drug-likeness (QED) is 0.538. The number of nitrogens with one attached hydrogen (secondary N) is 1. The summed E-state index contributed by atoms with van der Waals surface area (Å²) in [4.78, 5) is 24.8. The fraction of sp³-hybridized carbons (Fsp3) is 0.292. The van der Waals surface area contributed by atoms with Crippen LogP contribution in [0.2, 0.25) is 0 Å². The topological polar surface area (TPSA) is 91.7 Å². The molecule has 1 N–H and O–H groups in total. The third-order valence-electron chi connectivity index (χ3n) is 5.13. The van der Waals surface area contributed by atoms with E-state index in [0.29, 0.717) is 34.9 Å². The minimum Gasteiger partial charge on any atom is -0.497 e. The Labute approximate surface area is 187 Å². The summed E-state index contributed by atoms with van der Waals surface area (Å²) < 4.78 is 17.4. The first-order valence-electron chi connectivity index (χ1n) is 10.2. The van der Waals surface area contributed by atoms with Gasteiger partial charge in [-0.1, -0.05) is 0 Å². The highest BCUT2D eigenvalue weighted by Crippen LogP contribution is 2.29. The Morgan fingerprint density at radius 2 is 1.81 bits per heavy atom. The Morgan fingerprint density at radius 3 is 2.44 bits per heavy atom. The molecular formula is C24H27N3O5. The van der Waals surface area contributed by atoms with E-state index < -0.39 is 5.97 Å². The molecule has 1 heterocycles. The van der Waals surface area contributed by atoms with Crippen molar-refractivity contribution >= 4 is 11.9 Å². The molecule has 1 atom stereocenters. The molecule has 0 saturated carbocycles. The van der Waals surface area contributed by atoms with Crippen molar-refractivity contribution < 1.29 is 23.8 Å². The third-order valence-corrected chi connectivity index (χ3v) is 5.13. The van der Waals surface area contributed by atoms with Gasteiger partial charge in [0.25, 0.3) is 5.91 Å². The van der Waals surface area contributed by atoms with Gasteiger partial charge in [-0.05, 0) is 63.2 Å². The number of rotatable bonds is 8. The van der Waals surface area contributed by atoms with Crippen molar-refractivity contribution in [3.05, 3.63) is 71.0 Å². The lowest BCUT2D eigenvalue weighted by Crippen LogP contribution is -2.27. The second kappa shape index (κ2) is 10.00. The number of hydrogen-bond donors (Lipinski definition) is 1. The Morgan fingerprint density at radius 1 is 1.09 bits per heavy atom. The maximum Gasteiger partial charge on any atom is 0.341 e. The molecule has 8 heteroatoms. The fourth-order valence-corrected chi connectivity index (χ4v) is 3.37. The van der Waals surface area contributed by atoms with Crippen LogP contribution in [0.1, 0.15) is 51.9 Å². The van der Waals surface area contributed by atoms with Crippen LogP contribution in [0.5, 0.6) is 11.5 Å². The van der Waals surface area contributed by atoms with Crippen LogP contribution >= 0.6 is 0 Å². The number of carbonyl (C=O) groups excluding carboxylic acids is 2. The van der Waals surface area contributed by atoms with E-state index in [9.17, 15) is 9.59 Å². The summed E-state index contributed by atoms with van der Waals surface area (Å²) in [6, 6.07) is 12.1. The first-order valence-corrected chi connectivity index (χ1v) is 10.2. The molecule has 32 heavy (non-hydrogen) atoms. The average Bonchev–Trinajstić information content (AvgIpc) is 3.20. The number of amides is 1. The van der Waals surface area contributed by atoms with Crippen LogP contribution in [0.25, 0.3) is 5.69 Å². The number of nitrogens with zero attached hydrogens (tertiary/aromatic N) is 2. The monoisotopic (exact) mass is 437 g/mol. The zero-order valence-corrected chi connectivity index (χ0v) is 18.8. The number of ether oxygens (including phenoxy) is 3. The first-order chi connectivity index (χ1) is 15.4. The molecule has 0 saturated heterocycles. The molecule has 1 unspecified atom stereocenters. The van der Waals surface area contributed by atoms with E-state index in [1.165, 1.54) is 6.20 Å². The molecule has 0 aliphatic heterocycles. The van der Waals surface area contributed by atoms with Crippen molar-refractivity contribution in [2.45, 2.75) is 26.8 Å². The van der Waals surface area contributed by atoms with Crippen molar-refractivity contribution in [2.75, 3.05) is 20.8 Å². The molecule has 168 valence electrons. The maximum atomic E-state index is 12.8. The molecule has 2 aromatic carbocycles. The maximum absolute atomic E-state index is 12.8. The van der Waals surface area contributed by atoms with Crippen LogP contribution in [0.15, 0.2) is 48.7 Å². The number of benzene rings is 2. The Bertz CT molecular complexity index is 1110. The lowest BCUT2D eigenvalue weighted by molar-refractivity contribution is 0.0525. The number of esters is 1. The van der Waals surface area contributed by atoms with Crippen LogP contribution in [0, 0.1) is 6.92 Å². The van der Waals surface area contributed by atoms with Gasteiger partial charge in [0, 0.05) is 11.1 Å². The Hall–Kier alpha value is -3.81. The van der Waals surface area contributed by atoms with Crippen LogP contribution in [-0.2, 0) is 4.74 Å². The van der Waals surface area contributed by atoms with Gasteiger partial charge in [-0.3, -0.25) is 4.79 Å². The van der Waals surface area contributed by atoms with E-state index in [1.807, 2.05) is 19.1 Å². The predicted molar refractivity (Wildman–Crippen MR) is 120 cm³/mol. The van der Waals surface area contributed by atoms with Gasteiger partial charge < -0.3 is 19.5 Å². The van der Waals surface area contributed by atoms with Crippen LogP contribution in [0.3, 0.4) is 0 Å². The molecule has 8 nitrogen and oxygen atoms in total. The molecule has 3 aromatic rings. The highest BCUT2D eigenvalue weighted by atomic mass is 16.5. The number of carbonyl (C=O) groups is 2. The number of aromatic nitrogens is 2. The molecule has 0 radical (unpaired) electrons. The molecule has 0 aliphatic rings. The minimum absolute atomic E-state index is 0.224. The SMILES string of the molecule is CCOC(=O)c1cnn(-c2ccc(C(=O)NC(C)c3cc(OC)ccc3OC)cc2)c1C. The zero-order chi connectivity index (χ0) is 23.3. The van der Waals surface area contributed by atoms with E-state index >= 15 is 0 Å². The van der Waals surface area contributed by atoms with Crippen molar-refractivity contribution in [1.82, 2.24) is 15.1 Å². The normalized spacial score (nSPS) is 11.5. The Kier molecular flexibility index (Phi) is 7.14. The summed E-state index contributed by atoms with van der Waals surface area (Å²) in [5.41, 5.74) is 3.12. The molecule has 1 amide bonds. The first kappa shape index (κ1) is 22.9. The zero-order valence-electron chi connectivity index (χ0n) is 18.8. The van der Waals surface area contributed by atoms with Crippen molar-refractivity contribution in [2.24, 2.45) is 0 Å². The van der Waals surface area contributed by atoms with Gasteiger partial charge in [0.05, 0.1) is 44.4 Å². The van der Waals surface area contributed by atoms with Crippen LogP contribution < -0.4 is 14.8 Å². The standard InChI is InChI=1S/C24H27N3O5/c1-6-32-24(29)21-14-25-27(16(21)3)18-9-7-17(8-10-18)23(28)26-15(2)20-13-19(30-4)11-12-22(20)31-5/h7-15H,6H2,1-5H3,(H,26,28). The van der Waals surface area contributed by atoms with E-state index in [4.69, 9.17) is 14.2 Å². The van der Waals surface area contributed by atoms with E-state index in [1.54, 1.807) is 63.1 Å². The van der Waals surface area contributed by atoms with E-state index in [2.05, 4.69) is 10.4 Å². The van der Waals surface area contributed by atoms with Gasteiger partial charge in [0.2, 0.25) is 0 Å². The molecule has 0 aliphatic carbocycles. The molecule has 0 spiro atoms. The lowest BCUT2D eigenvalue weighted by Gasteiger charge is -2.18. The Balaban J connectivity index is 1.76. The highest BCUT2D eigenvalue weighted by molar-refractivity contribution is 5.94. The summed E-state index contributed by atoms with van der Waals surface area (Å²) in [7, 11) is 3.18. The fourth-order valence-electron chi connectivity index (χ4n) is 3.37. The van der Waals surface area contributed by atoms with Gasteiger partial charge in [0.1, 0.15) is 17.1 Å². The molecule has 1 aromatic heterocycles. The number of methoxy groups -OCH3 is 2. The second-order valence-electron chi connectivity index (χ2n) is 7.13. The largest absolute Gasteiger partial charge is 0.497 e. The second-order valence-corrected chi connectivity index (χ2v) is 7.13. The summed E-state index contributed by atoms with van der Waals surface area (Å²) in [5.74, 6) is 0.719. The van der Waals surface area contributed by atoms with E-state index in [-0.39, 0.29) is 11.9 Å². The van der Waals surface area contributed by atoms with Crippen LogP contribution in [-0.4, -0.2) is 42.5 Å². The molecule has 0 bridgehead atoms. The predicted octanol–water partition coefficient (Wildman–Crippen LogP) is 3.87. The average molecular weight is 437 g/mol. The van der Waals surface area contributed by atoms with Crippen LogP contribution in [0.4, 0.5) is 0 Å².